The van der Waals surface area contributed by atoms with Crippen LogP contribution in [0.4, 0.5) is 0 Å². The summed E-state index contributed by atoms with van der Waals surface area (Å²) in [5.41, 5.74) is 0. The molecule has 0 atom stereocenters. The number of hydrogen-bond acceptors (Lipinski definition) is 3. The first kappa shape index (κ1) is 13.1. The Kier molecular flexibility index (Phi) is 4.22. The van der Waals surface area contributed by atoms with Crippen LogP contribution in [0.25, 0.3) is 9.40 Å². The molecule has 0 N–H and O–H groups in total. The molecule has 5 heteroatoms. The lowest BCUT2D eigenvalue weighted by Gasteiger charge is -2.25. The summed E-state index contributed by atoms with van der Waals surface area (Å²) in [6, 6.07) is 4.32. The van der Waals surface area contributed by atoms with E-state index in [1.54, 1.807) is 22.7 Å². The summed E-state index contributed by atoms with van der Waals surface area (Å²) in [7, 11) is 0. The Labute approximate surface area is 117 Å². The molecule has 2 rings (SSSR count). The molecule has 2 aromatic rings. The second-order valence-corrected chi connectivity index (χ2v) is 6.87. The summed E-state index contributed by atoms with van der Waals surface area (Å²) in [6.45, 7) is 4.86. The van der Waals surface area contributed by atoms with Gasteiger partial charge in [0.2, 0.25) is 0 Å². The standard InChI is InChI=1S/C12H14BrNOS2/c1-8(2)14(5-4-13)12(15)11-7-10-9(17-11)3-6-16-10/h3,6-8H,4-5H2,1-2H3. The van der Waals surface area contributed by atoms with Crippen LogP contribution in [0.15, 0.2) is 17.5 Å². The Morgan fingerprint density at radius 1 is 1.47 bits per heavy atom. The van der Waals surface area contributed by atoms with Gasteiger partial charge in [-0.2, -0.15) is 0 Å². The van der Waals surface area contributed by atoms with Crippen molar-refractivity contribution in [3.8, 4) is 0 Å². The minimum Gasteiger partial charge on any atom is -0.335 e. The molecule has 17 heavy (non-hydrogen) atoms. The average molecular weight is 332 g/mol. The maximum absolute atomic E-state index is 12.4. The zero-order chi connectivity index (χ0) is 12.4. The van der Waals surface area contributed by atoms with Crippen LogP contribution in [0.3, 0.4) is 0 Å². The van der Waals surface area contributed by atoms with E-state index in [1.165, 1.54) is 9.40 Å². The van der Waals surface area contributed by atoms with Gasteiger partial charge in [0.15, 0.2) is 0 Å². The lowest BCUT2D eigenvalue weighted by molar-refractivity contribution is 0.0724. The zero-order valence-corrected chi connectivity index (χ0v) is 13.0. The fraction of sp³-hybridized carbons (Fsp3) is 0.417. The second-order valence-electron chi connectivity index (χ2n) is 4.04. The van der Waals surface area contributed by atoms with Crippen LogP contribution >= 0.6 is 38.6 Å². The summed E-state index contributed by atoms with van der Waals surface area (Å²) in [5.74, 6) is 0.146. The highest BCUT2D eigenvalue weighted by Crippen LogP contribution is 2.30. The van der Waals surface area contributed by atoms with E-state index in [0.717, 1.165) is 16.8 Å². The number of carbonyl (C=O) groups is 1. The van der Waals surface area contributed by atoms with Gasteiger partial charge in [-0.1, -0.05) is 15.9 Å². The van der Waals surface area contributed by atoms with Gasteiger partial charge in [0.05, 0.1) is 4.88 Å². The fourth-order valence-electron chi connectivity index (χ4n) is 1.70. The topological polar surface area (TPSA) is 20.3 Å². The third-order valence-electron chi connectivity index (χ3n) is 2.56. The number of nitrogens with zero attached hydrogens (tertiary/aromatic N) is 1. The highest BCUT2D eigenvalue weighted by molar-refractivity contribution is 9.09. The number of rotatable bonds is 4. The maximum Gasteiger partial charge on any atom is 0.264 e. The lowest BCUT2D eigenvalue weighted by atomic mass is 10.3. The van der Waals surface area contributed by atoms with E-state index in [9.17, 15) is 4.79 Å². The smallest absolute Gasteiger partial charge is 0.264 e. The molecular formula is C12H14BrNOS2. The third kappa shape index (κ3) is 2.72. The number of thiophene rings is 2. The highest BCUT2D eigenvalue weighted by atomic mass is 79.9. The van der Waals surface area contributed by atoms with Crippen molar-refractivity contribution in [3.05, 3.63) is 22.4 Å². The number of carbonyl (C=O) groups excluding carboxylic acids is 1. The van der Waals surface area contributed by atoms with Crippen molar-refractivity contribution in [1.29, 1.82) is 0 Å². The summed E-state index contributed by atoms with van der Waals surface area (Å²) in [6.07, 6.45) is 0. The SMILES string of the molecule is CC(C)N(CCBr)C(=O)c1cc2sccc2s1. The van der Waals surface area contributed by atoms with E-state index >= 15 is 0 Å². The average Bonchev–Trinajstić information content (AvgIpc) is 2.84. The molecule has 0 fully saturated rings. The fourth-order valence-corrected chi connectivity index (χ4v) is 4.14. The molecule has 0 aromatic carbocycles. The number of amides is 1. The van der Waals surface area contributed by atoms with Crippen molar-refractivity contribution < 1.29 is 4.79 Å². The van der Waals surface area contributed by atoms with E-state index in [1.807, 2.05) is 11.0 Å². The molecule has 0 spiro atoms. The largest absolute Gasteiger partial charge is 0.335 e. The first-order chi connectivity index (χ1) is 8.13. The number of halogens is 1. The molecule has 0 aliphatic carbocycles. The van der Waals surface area contributed by atoms with E-state index in [2.05, 4.69) is 41.2 Å². The minimum atomic E-state index is 0.146. The molecule has 2 aromatic heterocycles. The van der Waals surface area contributed by atoms with Crippen molar-refractivity contribution in [3.63, 3.8) is 0 Å². The molecular weight excluding hydrogens is 318 g/mol. The predicted octanol–water partition coefficient (Wildman–Crippen LogP) is 4.21. The Morgan fingerprint density at radius 2 is 2.24 bits per heavy atom. The molecule has 92 valence electrons. The van der Waals surface area contributed by atoms with Crippen molar-refractivity contribution in [2.45, 2.75) is 19.9 Å². The van der Waals surface area contributed by atoms with E-state index < -0.39 is 0 Å². The summed E-state index contributed by atoms with van der Waals surface area (Å²) in [5, 5.41) is 2.88. The van der Waals surface area contributed by atoms with Crippen LogP contribution < -0.4 is 0 Å². The summed E-state index contributed by atoms with van der Waals surface area (Å²) >= 11 is 6.67. The lowest BCUT2D eigenvalue weighted by Crippen LogP contribution is -2.37. The van der Waals surface area contributed by atoms with Gasteiger partial charge in [0.25, 0.3) is 5.91 Å². The summed E-state index contributed by atoms with van der Waals surface area (Å²) < 4.78 is 2.42. The van der Waals surface area contributed by atoms with Crippen molar-refractivity contribution in [1.82, 2.24) is 4.90 Å². The highest BCUT2D eigenvalue weighted by Gasteiger charge is 2.20. The molecule has 1 amide bonds. The van der Waals surface area contributed by atoms with Crippen molar-refractivity contribution in [2.75, 3.05) is 11.9 Å². The Balaban J connectivity index is 2.26. The normalized spacial score (nSPS) is 11.3. The first-order valence-corrected chi connectivity index (χ1v) is 8.29. The minimum absolute atomic E-state index is 0.146. The van der Waals surface area contributed by atoms with Crippen LogP contribution in [0.1, 0.15) is 23.5 Å². The molecule has 0 saturated heterocycles. The van der Waals surface area contributed by atoms with Gasteiger partial charge in [-0.3, -0.25) is 4.79 Å². The van der Waals surface area contributed by atoms with Crippen LogP contribution in [0.2, 0.25) is 0 Å². The molecule has 0 unspecified atom stereocenters. The van der Waals surface area contributed by atoms with Gasteiger partial charge >= 0.3 is 0 Å². The number of fused-ring (bicyclic) bond motifs is 1. The first-order valence-electron chi connectivity index (χ1n) is 5.47. The molecule has 0 bridgehead atoms. The molecule has 0 radical (unpaired) electrons. The van der Waals surface area contributed by atoms with Crippen molar-refractivity contribution in [2.24, 2.45) is 0 Å². The van der Waals surface area contributed by atoms with Gasteiger partial charge in [0.1, 0.15) is 0 Å². The summed E-state index contributed by atoms with van der Waals surface area (Å²) in [4.78, 5) is 15.1. The molecule has 0 aliphatic rings. The van der Waals surface area contributed by atoms with E-state index in [-0.39, 0.29) is 11.9 Å². The maximum atomic E-state index is 12.4. The molecule has 0 aliphatic heterocycles. The van der Waals surface area contributed by atoms with Gasteiger partial charge in [-0.15, -0.1) is 22.7 Å². The van der Waals surface area contributed by atoms with Gasteiger partial charge in [0, 0.05) is 27.3 Å². The molecule has 2 nitrogen and oxygen atoms in total. The molecule has 0 saturated carbocycles. The Hall–Kier alpha value is -0.390. The Bertz CT molecular complexity index is 489. The monoisotopic (exact) mass is 331 g/mol. The molecule has 2 heterocycles. The van der Waals surface area contributed by atoms with Gasteiger partial charge in [-0.05, 0) is 31.4 Å². The predicted molar refractivity (Wildman–Crippen MR) is 79.7 cm³/mol. The Morgan fingerprint density at radius 3 is 2.82 bits per heavy atom. The number of alkyl halides is 1. The van der Waals surface area contributed by atoms with Crippen LogP contribution in [0.5, 0.6) is 0 Å². The quantitative estimate of drug-likeness (QED) is 0.768. The van der Waals surface area contributed by atoms with Crippen molar-refractivity contribution >= 4 is 53.9 Å². The van der Waals surface area contributed by atoms with Gasteiger partial charge in [-0.25, -0.2) is 0 Å². The van der Waals surface area contributed by atoms with Crippen LogP contribution in [-0.2, 0) is 0 Å². The van der Waals surface area contributed by atoms with Crippen LogP contribution in [-0.4, -0.2) is 28.7 Å². The third-order valence-corrected chi connectivity index (χ3v) is 5.00. The van der Waals surface area contributed by atoms with Crippen LogP contribution in [0, 0.1) is 0 Å². The van der Waals surface area contributed by atoms with E-state index in [0.29, 0.717) is 0 Å². The van der Waals surface area contributed by atoms with Gasteiger partial charge < -0.3 is 4.90 Å². The number of hydrogen-bond donors (Lipinski definition) is 0. The zero-order valence-electron chi connectivity index (χ0n) is 9.77. The van der Waals surface area contributed by atoms with E-state index in [4.69, 9.17) is 0 Å². The second kappa shape index (κ2) is 5.50.